The Morgan fingerprint density at radius 3 is 1.17 bits per heavy atom. The molecule has 42 heteroatoms. The van der Waals surface area contributed by atoms with Crippen LogP contribution in [0, 0.1) is 0 Å². The van der Waals surface area contributed by atoms with Crippen LogP contribution in [0.2, 0.25) is 0 Å². The molecule has 37 N–H and O–H groups in total. The minimum Gasteiger partial charge on any atom is -0.387 e. The predicted molar refractivity (Wildman–Crippen MR) is 347 cm³/mol. The van der Waals surface area contributed by atoms with E-state index in [1.54, 1.807) is 0 Å². The number of nitrogens with two attached hydrogens (primary N) is 14. The first-order valence-corrected chi connectivity index (χ1v) is 30.2. The largest absolute Gasteiger partial charge is 0.387 e. The molecule has 2 aromatic rings. The highest BCUT2D eigenvalue weighted by Gasteiger charge is 2.48. The van der Waals surface area contributed by atoms with Gasteiger partial charge in [-0.05, 0) is 89.9 Å². The molecule has 3 heterocycles. The van der Waals surface area contributed by atoms with Crippen molar-refractivity contribution < 1.29 is 53.3 Å². The van der Waals surface area contributed by atoms with Crippen LogP contribution in [0.5, 0.6) is 0 Å². The lowest BCUT2D eigenvalue weighted by molar-refractivity contribution is -0.137. The van der Waals surface area contributed by atoms with Gasteiger partial charge in [-0.3, -0.25) is 72.9 Å². The van der Waals surface area contributed by atoms with Gasteiger partial charge in [0.25, 0.3) is 5.91 Å². The number of nitrogens with zero attached hydrogens (tertiary/aromatic N) is 10. The van der Waals surface area contributed by atoms with E-state index in [1.807, 2.05) is 0 Å². The SMILES string of the molecule is NC(=O)[C@H](CCCN=C(N)N)NC(=O)[C@H](CCCN=C(N)N)NC(=O)[C@H](CCCN=C(N)N)NC(=O)[C@H](CCCN=C(N)N)NC(=O)[C@H](CCCN=C(N)N)NC(=O)[C@H](CCCN=C(N)N)NC(=O)CCCCCNC(=O)[C@H]1O[C@@H](n2cnc3c(N)ncnc32)[C@H](O)[C@@H]1O. The highest BCUT2D eigenvalue weighted by atomic mass is 16.6. The van der Waals surface area contributed by atoms with Gasteiger partial charge in [-0.25, -0.2) is 15.0 Å². The molecule has 1 aliphatic heterocycles. The molecule has 0 bridgehead atoms. The van der Waals surface area contributed by atoms with E-state index in [2.05, 4.69) is 82.1 Å². The second kappa shape index (κ2) is 41.2. The average Bonchev–Trinajstić information content (AvgIpc) is 1.62. The number of nitrogens with one attached hydrogen (secondary N) is 7. The van der Waals surface area contributed by atoms with Crippen LogP contribution < -0.4 is 117 Å². The third kappa shape index (κ3) is 28.8. The van der Waals surface area contributed by atoms with Gasteiger partial charge in [-0.1, -0.05) is 6.42 Å². The van der Waals surface area contributed by atoms with Gasteiger partial charge < -0.3 is 132 Å². The normalized spacial score (nSPS) is 16.7. The number of nitrogen functional groups attached to an aromatic ring is 1. The molecule has 524 valence electrons. The summed E-state index contributed by atoms with van der Waals surface area (Å²) >= 11 is 0. The first kappa shape index (κ1) is 77.9. The van der Waals surface area contributed by atoms with Crippen molar-refractivity contribution in [2.75, 3.05) is 51.5 Å². The standard InChI is InChI=1S/C52H95N31O11/c53-37-33-39(75-24-74-37)83(25-76-33)46-35(86)34(85)36(94-46)45(93)67-17-3-1-2-16-32(84)77-27(11-5-19-69-48(57)58)40(88)79-29(13-7-21-71-50(61)62)42(90)81-31(15-9-23-73-52(65)66)44(92)82-30(14-8-22-72-51(63)64)43(91)80-28(12-6-20-70-49(59)60)41(89)78-26(38(54)87)10-4-18-68-47(55)56/h24-31,34-36,46,85-86H,1-23H2,(H2,54,87)(H,67,93)(H,77,84)(H,78,89)(H,79,88)(H,80,91)(H,81,90)(H,82,92)(H2,53,74,75)(H4,55,56,68)(H4,57,58,69)(H4,59,60,70)(H4,61,62,71)(H4,63,64,72)(H4,65,66,73)/t26-,27-,28-,29-,30-,31-,34-,35+,36-,46+/m0/s1. The Balaban J connectivity index is 1.84. The number of rotatable bonds is 44. The fourth-order valence-corrected chi connectivity index (χ4v) is 9.34. The number of unbranched alkanes of at least 4 members (excludes halogenated alkanes) is 2. The summed E-state index contributed by atoms with van der Waals surface area (Å²) in [5, 5.41) is 40.1. The van der Waals surface area contributed by atoms with Crippen LogP contribution in [-0.4, -0.2) is 213 Å². The second-order valence-electron chi connectivity index (χ2n) is 21.6. The number of amides is 8. The van der Waals surface area contributed by atoms with E-state index in [0.29, 0.717) is 12.8 Å². The third-order valence-corrected chi connectivity index (χ3v) is 14.1. The van der Waals surface area contributed by atoms with Crippen molar-refractivity contribution in [1.29, 1.82) is 0 Å². The van der Waals surface area contributed by atoms with Crippen LogP contribution in [0.3, 0.4) is 0 Å². The van der Waals surface area contributed by atoms with Crippen LogP contribution in [0.1, 0.15) is 109 Å². The number of aliphatic hydroxyl groups excluding tert-OH is 2. The summed E-state index contributed by atoms with van der Waals surface area (Å²) in [6.45, 7) is 0.249. The number of carbonyl (C=O) groups excluding carboxylic acids is 8. The zero-order valence-corrected chi connectivity index (χ0v) is 52.3. The summed E-state index contributed by atoms with van der Waals surface area (Å²) in [5.74, 6) is -7.88. The van der Waals surface area contributed by atoms with Crippen molar-refractivity contribution in [3.63, 3.8) is 0 Å². The van der Waals surface area contributed by atoms with Crippen molar-refractivity contribution >= 4 is 100.0 Å². The van der Waals surface area contributed by atoms with E-state index in [0.717, 1.165) is 0 Å². The highest BCUT2D eigenvalue weighted by molar-refractivity contribution is 5.97. The number of guanidine groups is 6. The second-order valence-corrected chi connectivity index (χ2v) is 21.6. The molecule has 2 aromatic heterocycles. The molecule has 0 unspecified atom stereocenters. The minimum atomic E-state index is -1.61. The molecule has 0 radical (unpaired) electrons. The smallest absolute Gasteiger partial charge is 0.252 e. The summed E-state index contributed by atoms with van der Waals surface area (Å²) in [6, 6.07) is -8.24. The van der Waals surface area contributed by atoms with Crippen molar-refractivity contribution in [2.45, 2.75) is 164 Å². The van der Waals surface area contributed by atoms with Crippen LogP contribution in [0.4, 0.5) is 5.82 Å². The quantitative estimate of drug-likeness (QED) is 0.0166. The Bertz CT molecular complexity index is 2990. The van der Waals surface area contributed by atoms with E-state index in [1.165, 1.54) is 17.2 Å². The lowest BCUT2D eigenvalue weighted by Crippen LogP contribution is -2.59. The topological polar surface area (TPSA) is 752 Å². The first-order chi connectivity index (χ1) is 44.6. The molecule has 8 amide bonds. The van der Waals surface area contributed by atoms with Gasteiger partial charge in [0.2, 0.25) is 41.4 Å². The van der Waals surface area contributed by atoms with Crippen LogP contribution >= 0.6 is 0 Å². The average molecular weight is 1330 g/mol. The van der Waals surface area contributed by atoms with E-state index < -0.39 is 108 Å². The highest BCUT2D eigenvalue weighted by Crippen LogP contribution is 2.32. The molecule has 94 heavy (non-hydrogen) atoms. The molecule has 10 atom stereocenters. The fourth-order valence-electron chi connectivity index (χ4n) is 9.34. The Morgan fingerprint density at radius 2 is 0.809 bits per heavy atom. The maximum absolute atomic E-state index is 14.6. The Labute approximate surface area is 540 Å². The predicted octanol–water partition coefficient (Wildman–Crippen LogP) is -10.6. The Morgan fingerprint density at radius 1 is 0.457 bits per heavy atom. The summed E-state index contributed by atoms with van der Waals surface area (Å²) in [5.41, 5.74) is 78.2. The van der Waals surface area contributed by atoms with Crippen molar-refractivity contribution in [2.24, 2.45) is 104 Å². The monoisotopic (exact) mass is 1330 g/mol. The summed E-state index contributed by atoms with van der Waals surface area (Å²) in [6.07, 6.45) is -2.12. The van der Waals surface area contributed by atoms with E-state index in [9.17, 15) is 48.6 Å². The van der Waals surface area contributed by atoms with Gasteiger partial charge in [0.05, 0.1) is 6.33 Å². The molecule has 1 fully saturated rings. The number of imidazole rings is 1. The van der Waals surface area contributed by atoms with Gasteiger partial charge >= 0.3 is 0 Å². The zero-order chi connectivity index (χ0) is 69.9. The molecule has 1 saturated heterocycles. The number of aromatic nitrogens is 4. The first-order valence-electron chi connectivity index (χ1n) is 30.2. The van der Waals surface area contributed by atoms with Crippen molar-refractivity contribution in [1.82, 2.24) is 56.7 Å². The Hall–Kier alpha value is -10.4. The molecule has 0 spiro atoms. The van der Waals surface area contributed by atoms with Crippen LogP contribution in [0.15, 0.2) is 42.6 Å². The van der Waals surface area contributed by atoms with E-state index in [4.69, 9.17) is 85.0 Å². The molecule has 0 aromatic carbocycles. The Kier molecular flexibility index (Phi) is 34.1. The molecular weight excluding hydrogens is 1230 g/mol. The van der Waals surface area contributed by atoms with E-state index in [-0.39, 0.29) is 188 Å². The van der Waals surface area contributed by atoms with Crippen LogP contribution in [-0.2, 0) is 43.1 Å². The molecule has 0 saturated carbocycles. The number of aliphatic hydroxyl groups is 2. The number of fused-ring (bicyclic) bond motifs is 1. The molecule has 1 aliphatic rings. The summed E-state index contributed by atoms with van der Waals surface area (Å²) in [4.78, 5) is 147. The maximum Gasteiger partial charge on any atom is 0.252 e. The molecule has 42 nitrogen and oxygen atoms in total. The zero-order valence-electron chi connectivity index (χ0n) is 52.3. The van der Waals surface area contributed by atoms with Crippen molar-refractivity contribution in [3.8, 4) is 0 Å². The maximum atomic E-state index is 14.6. The lowest BCUT2D eigenvalue weighted by atomic mass is 10.0. The number of hydrogen-bond acceptors (Lipinski definition) is 21. The number of hydrogen-bond donors (Lipinski definition) is 23. The van der Waals surface area contributed by atoms with Crippen molar-refractivity contribution in [3.05, 3.63) is 12.7 Å². The van der Waals surface area contributed by atoms with Gasteiger partial charge in [0.15, 0.2) is 59.6 Å². The van der Waals surface area contributed by atoms with Crippen LogP contribution in [0.25, 0.3) is 11.2 Å². The summed E-state index contributed by atoms with van der Waals surface area (Å²) in [7, 11) is 0. The van der Waals surface area contributed by atoms with Gasteiger partial charge in [0, 0.05) is 52.2 Å². The number of ether oxygens (including phenoxy) is 1. The lowest BCUT2D eigenvalue weighted by Gasteiger charge is -2.27. The molecule has 0 aliphatic carbocycles. The minimum absolute atomic E-state index is 0.00438. The molecular formula is C52H95N31O11. The third-order valence-electron chi connectivity index (χ3n) is 14.1. The number of carbonyl (C=O) groups is 8. The number of anilines is 1. The number of primary amides is 1. The van der Waals surface area contributed by atoms with Gasteiger partial charge in [-0.15, -0.1) is 0 Å². The summed E-state index contributed by atoms with van der Waals surface area (Å²) < 4.78 is 7.09. The fraction of sp³-hybridized carbons (Fsp3) is 0.635. The molecule has 3 rings (SSSR count). The number of aliphatic imine (C=N–C) groups is 6. The van der Waals surface area contributed by atoms with E-state index >= 15 is 0 Å². The van der Waals surface area contributed by atoms with Gasteiger partial charge in [-0.2, -0.15) is 0 Å². The van der Waals surface area contributed by atoms with Gasteiger partial charge in [0.1, 0.15) is 60.3 Å².